The molecule has 0 aromatic heterocycles. The average molecular weight is 393 g/mol. The van der Waals surface area contributed by atoms with E-state index in [-0.39, 0.29) is 5.02 Å². The Morgan fingerprint density at radius 3 is 2.50 bits per heavy atom. The SMILES string of the molecule is Fc1ccc(NCc2ccc(Br)c(Br)c2)cc1Cl. The predicted octanol–water partition coefficient (Wildman–Crippen LogP) is 5.62. The molecule has 0 aliphatic rings. The number of hydrogen-bond acceptors (Lipinski definition) is 1. The topological polar surface area (TPSA) is 12.0 Å². The molecule has 0 unspecified atom stereocenters. The third kappa shape index (κ3) is 3.46. The molecule has 2 aromatic rings. The van der Waals surface area contributed by atoms with E-state index in [1.807, 2.05) is 18.2 Å². The van der Waals surface area contributed by atoms with Crippen LogP contribution in [0.3, 0.4) is 0 Å². The molecule has 18 heavy (non-hydrogen) atoms. The van der Waals surface area contributed by atoms with Crippen LogP contribution < -0.4 is 5.32 Å². The van der Waals surface area contributed by atoms with E-state index in [4.69, 9.17) is 11.6 Å². The van der Waals surface area contributed by atoms with Crippen molar-refractivity contribution in [3.8, 4) is 0 Å². The molecule has 0 bridgehead atoms. The highest BCUT2D eigenvalue weighted by molar-refractivity contribution is 9.13. The van der Waals surface area contributed by atoms with E-state index >= 15 is 0 Å². The molecule has 0 heterocycles. The fourth-order valence-corrected chi connectivity index (χ4v) is 2.31. The van der Waals surface area contributed by atoms with E-state index in [0.717, 1.165) is 20.2 Å². The molecule has 0 spiro atoms. The lowest BCUT2D eigenvalue weighted by Crippen LogP contribution is -1.99. The maximum Gasteiger partial charge on any atom is 0.141 e. The number of anilines is 1. The van der Waals surface area contributed by atoms with Gasteiger partial charge in [0.2, 0.25) is 0 Å². The molecular weight excluding hydrogens is 384 g/mol. The Bertz CT molecular complexity index is 523. The van der Waals surface area contributed by atoms with Crippen molar-refractivity contribution in [1.82, 2.24) is 0 Å². The third-order valence-corrected chi connectivity index (χ3v) is 4.57. The second-order valence-corrected chi connectivity index (χ2v) is 5.85. The maximum atomic E-state index is 13.0. The van der Waals surface area contributed by atoms with Gasteiger partial charge in [0.1, 0.15) is 5.82 Å². The van der Waals surface area contributed by atoms with E-state index in [0.29, 0.717) is 6.54 Å². The smallest absolute Gasteiger partial charge is 0.141 e. The zero-order valence-electron chi connectivity index (χ0n) is 9.18. The monoisotopic (exact) mass is 391 g/mol. The lowest BCUT2D eigenvalue weighted by atomic mass is 10.2. The summed E-state index contributed by atoms with van der Waals surface area (Å²) in [6, 6.07) is 10.6. The highest BCUT2D eigenvalue weighted by Crippen LogP contribution is 2.25. The van der Waals surface area contributed by atoms with Gasteiger partial charge in [0.05, 0.1) is 5.02 Å². The lowest BCUT2D eigenvalue weighted by Gasteiger charge is -2.08. The van der Waals surface area contributed by atoms with Crippen LogP contribution >= 0.6 is 43.5 Å². The summed E-state index contributed by atoms with van der Waals surface area (Å²) in [5.74, 6) is -0.409. The summed E-state index contributed by atoms with van der Waals surface area (Å²) >= 11 is 12.6. The molecule has 0 amide bonds. The number of rotatable bonds is 3. The number of hydrogen-bond donors (Lipinski definition) is 1. The molecule has 1 N–H and O–H groups in total. The summed E-state index contributed by atoms with van der Waals surface area (Å²) in [6.45, 7) is 0.647. The van der Waals surface area contributed by atoms with Crippen molar-refractivity contribution in [2.45, 2.75) is 6.54 Å². The zero-order chi connectivity index (χ0) is 13.1. The molecule has 0 atom stereocenters. The van der Waals surface area contributed by atoms with Crippen LogP contribution in [0.25, 0.3) is 0 Å². The van der Waals surface area contributed by atoms with Gasteiger partial charge in [-0.15, -0.1) is 0 Å². The van der Waals surface area contributed by atoms with Gasteiger partial charge in [-0.1, -0.05) is 17.7 Å². The molecule has 1 nitrogen and oxygen atoms in total. The molecule has 0 saturated carbocycles. The van der Waals surface area contributed by atoms with Gasteiger partial charge in [-0.05, 0) is 67.8 Å². The van der Waals surface area contributed by atoms with Gasteiger partial charge in [-0.25, -0.2) is 4.39 Å². The minimum absolute atomic E-state index is 0.122. The van der Waals surface area contributed by atoms with Crippen LogP contribution in [0.15, 0.2) is 45.3 Å². The average Bonchev–Trinajstić information content (AvgIpc) is 2.35. The van der Waals surface area contributed by atoms with Crippen LogP contribution in [-0.2, 0) is 6.54 Å². The molecule has 0 aliphatic carbocycles. The first-order valence-corrected chi connectivity index (χ1v) is 7.15. The second-order valence-electron chi connectivity index (χ2n) is 3.73. The normalized spacial score (nSPS) is 10.4. The molecule has 2 aromatic carbocycles. The molecule has 94 valence electrons. The van der Waals surface area contributed by atoms with Crippen LogP contribution in [0, 0.1) is 5.82 Å². The first kappa shape index (κ1) is 13.8. The summed E-state index contributed by atoms with van der Waals surface area (Å²) in [5.41, 5.74) is 1.91. The van der Waals surface area contributed by atoms with Crippen LogP contribution in [0.1, 0.15) is 5.56 Å². The van der Waals surface area contributed by atoms with Crippen molar-refractivity contribution >= 4 is 49.1 Å². The van der Waals surface area contributed by atoms with Gasteiger partial charge in [0.15, 0.2) is 0 Å². The Morgan fingerprint density at radius 2 is 1.83 bits per heavy atom. The van der Waals surface area contributed by atoms with Crippen molar-refractivity contribution < 1.29 is 4.39 Å². The van der Waals surface area contributed by atoms with E-state index in [9.17, 15) is 4.39 Å². The molecular formula is C13H9Br2ClFN. The van der Waals surface area contributed by atoms with E-state index in [2.05, 4.69) is 37.2 Å². The van der Waals surface area contributed by atoms with Crippen molar-refractivity contribution in [1.29, 1.82) is 0 Å². The van der Waals surface area contributed by atoms with E-state index in [1.165, 1.54) is 6.07 Å². The van der Waals surface area contributed by atoms with Crippen molar-refractivity contribution in [3.63, 3.8) is 0 Å². The zero-order valence-corrected chi connectivity index (χ0v) is 13.1. The van der Waals surface area contributed by atoms with Crippen molar-refractivity contribution in [3.05, 3.63) is 61.7 Å². The standard InChI is InChI=1S/C13H9Br2ClFN/c14-10-3-1-8(5-11(10)15)7-18-9-2-4-13(17)12(16)6-9/h1-6,18H,7H2. The highest BCUT2D eigenvalue weighted by atomic mass is 79.9. The summed E-state index contributed by atoms with van der Waals surface area (Å²) < 4.78 is 15.0. The van der Waals surface area contributed by atoms with Crippen LogP contribution in [0.2, 0.25) is 5.02 Å². The van der Waals surface area contributed by atoms with Gasteiger partial charge in [-0.3, -0.25) is 0 Å². The summed E-state index contributed by atoms with van der Waals surface area (Å²) in [7, 11) is 0. The fraction of sp³-hybridized carbons (Fsp3) is 0.0769. The van der Waals surface area contributed by atoms with Gasteiger partial charge in [0, 0.05) is 21.2 Å². The Hall–Kier alpha value is -0.580. The number of halogens is 4. The Morgan fingerprint density at radius 1 is 1.06 bits per heavy atom. The molecule has 0 fully saturated rings. The van der Waals surface area contributed by atoms with Crippen LogP contribution in [-0.4, -0.2) is 0 Å². The fourth-order valence-electron chi connectivity index (χ4n) is 1.46. The van der Waals surface area contributed by atoms with Crippen molar-refractivity contribution in [2.24, 2.45) is 0 Å². The minimum atomic E-state index is -0.409. The lowest BCUT2D eigenvalue weighted by molar-refractivity contribution is 0.628. The third-order valence-electron chi connectivity index (χ3n) is 2.40. The highest BCUT2D eigenvalue weighted by Gasteiger charge is 2.02. The molecule has 0 saturated heterocycles. The predicted molar refractivity (Wildman–Crippen MR) is 80.6 cm³/mol. The van der Waals surface area contributed by atoms with Crippen LogP contribution in [0.4, 0.5) is 10.1 Å². The van der Waals surface area contributed by atoms with E-state index in [1.54, 1.807) is 12.1 Å². The van der Waals surface area contributed by atoms with Gasteiger partial charge in [-0.2, -0.15) is 0 Å². The molecule has 0 radical (unpaired) electrons. The first-order chi connectivity index (χ1) is 8.56. The Kier molecular flexibility index (Phi) is 4.65. The second kappa shape index (κ2) is 6.04. The summed E-state index contributed by atoms with van der Waals surface area (Å²) in [6.07, 6.45) is 0. The van der Waals surface area contributed by atoms with Gasteiger partial charge >= 0.3 is 0 Å². The molecule has 2 rings (SSSR count). The number of nitrogens with one attached hydrogen (secondary N) is 1. The van der Waals surface area contributed by atoms with E-state index < -0.39 is 5.82 Å². The number of benzene rings is 2. The largest absolute Gasteiger partial charge is 0.381 e. The maximum absolute atomic E-state index is 13.0. The quantitative estimate of drug-likeness (QED) is 0.714. The summed E-state index contributed by atoms with van der Waals surface area (Å²) in [5, 5.41) is 3.31. The molecule has 0 aliphatic heterocycles. The molecule has 5 heteroatoms. The van der Waals surface area contributed by atoms with Crippen molar-refractivity contribution in [2.75, 3.05) is 5.32 Å². The Balaban J connectivity index is 2.06. The summed E-state index contributed by atoms with van der Waals surface area (Å²) in [4.78, 5) is 0. The minimum Gasteiger partial charge on any atom is -0.381 e. The first-order valence-electron chi connectivity index (χ1n) is 5.19. The van der Waals surface area contributed by atoms with Gasteiger partial charge in [0.25, 0.3) is 0 Å². The van der Waals surface area contributed by atoms with Gasteiger partial charge < -0.3 is 5.32 Å². The Labute approximate surface area is 127 Å². The van der Waals surface area contributed by atoms with Crippen LogP contribution in [0.5, 0.6) is 0 Å².